The molecule has 7 nitrogen and oxygen atoms in total. The van der Waals surface area contributed by atoms with Crippen LogP contribution in [0.4, 0.5) is 24.7 Å². The van der Waals surface area contributed by atoms with Crippen molar-refractivity contribution in [1.82, 2.24) is 15.0 Å². The number of oxazole rings is 1. The molecule has 0 aromatic carbocycles. The summed E-state index contributed by atoms with van der Waals surface area (Å²) in [7, 11) is 0. The zero-order chi connectivity index (χ0) is 22.2. The van der Waals surface area contributed by atoms with Gasteiger partial charge in [0.15, 0.2) is 12.1 Å². The zero-order valence-corrected chi connectivity index (χ0v) is 17.0. The van der Waals surface area contributed by atoms with Crippen LogP contribution in [-0.4, -0.2) is 27.4 Å². The first-order chi connectivity index (χ1) is 14.7. The zero-order valence-electron chi connectivity index (χ0n) is 17.0. The lowest BCUT2D eigenvalue weighted by atomic mass is 10.0. The van der Waals surface area contributed by atoms with Crippen molar-refractivity contribution in [2.45, 2.75) is 39.4 Å². The molecule has 1 aliphatic heterocycles. The number of carbonyl (C=O) groups excluding carboxylic acids is 1. The van der Waals surface area contributed by atoms with Gasteiger partial charge < -0.3 is 14.6 Å². The summed E-state index contributed by atoms with van der Waals surface area (Å²) in [6, 6.07) is 4.37. The molecule has 0 aliphatic carbocycles. The molecule has 1 aliphatic rings. The van der Waals surface area contributed by atoms with Crippen molar-refractivity contribution in [3.8, 4) is 0 Å². The molecule has 4 rings (SSSR count). The normalized spacial score (nSPS) is 13.8. The number of nitrogens with zero attached hydrogens (tertiary/aromatic N) is 4. The molecule has 0 unspecified atom stereocenters. The van der Waals surface area contributed by atoms with E-state index < -0.39 is 17.8 Å². The van der Waals surface area contributed by atoms with Gasteiger partial charge in [0.25, 0.3) is 5.91 Å². The number of hydrogen-bond donors (Lipinski definition) is 1. The van der Waals surface area contributed by atoms with Crippen LogP contribution in [0.5, 0.6) is 0 Å². The quantitative estimate of drug-likeness (QED) is 0.663. The minimum absolute atomic E-state index is 0.204. The van der Waals surface area contributed by atoms with Gasteiger partial charge >= 0.3 is 6.18 Å². The van der Waals surface area contributed by atoms with Crippen molar-refractivity contribution in [3.63, 3.8) is 0 Å². The number of aromatic nitrogens is 3. The van der Waals surface area contributed by atoms with E-state index in [0.717, 1.165) is 42.4 Å². The van der Waals surface area contributed by atoms with Gasteiger partial charge in [-0.2, -0.15) is 13.2 Å². The molecular weight excluding hydrogens is 411 g/mol. The van der Waals surface area contributed by atoms with Crippen molar-refractivity contribution in [2.75, 3.05) is 16.8 Å². The standard InChI is InChI=1S/C21H20F3N5O2/c1-12-8-16-15(27-19(12)28-20(30)18-13(2)31-11-26-18)4-3-7-29(16)10-14-5-6-17(25-9-14)21(22,23)24/h5-6,8-9,11H,3-4,7,10H2,1-2H3,(H,27,28,30). The maximum absolute atomic E-state index is 12.7. The van der Waals surface area contributed by atoms with Gasteiger partial charge in [-0.15, -0.1) is 0 Å². The van der Waals surface area contributed by atoms with Crippen LogP contribution in [0, 0.1) is 13.8 Å². The third kappa shape index (κ3) is 4.37. The van der Waals surface area contributed by atoms with Crippen LogP contribution in [0.25, 0.3) is 0 Å². The second-order valence-corrected chi connectivity index (χ2v) is 7.41. The van der Waals surface area contributed by atoms with Crippen LogP contribution in [0.2, 0.25) is 0 Å². The average Bonchev–Trinajstić information content (AvgIpc) is 3.15. The first-order valence-corrected chi connectivity index (χ1v) is 9.71. The summed E-state index contributed by atoms with van der Waals surface area (Å²) >= 11 is 0. The summed E-state index contributed by atoms with van der Waals surface area (Å²) < 4.78 is 43.3. The van der Waals surface area contributed by atoms with Gasteiger partial charge in [0.05, 0.1) is 11.4 Å². The summed E-state index contributed by atoms with van der Waals surface area (Å²) in [5, 5.41) is 2.78. The molecule has 0 saturated heterocycles. The van der Waals surface area contributed by atoms with Gasteiger partial charge in [-0.1, -0.05) is 6.07 Å². The minimum Gasteiger partial charge on any atom is -0.448 e. The predicted molar refractivity (Wildman–Crippen MR) is 107 cm³/mol. The number of carbonyl (C=O) groups is 1. The molecule has 1 amide bonds. The van der Waals surface area contributed by atoms with Crippen LogP contribution in [0.1, 0.15) is 45.2 Å². The summed E-state index contributed by atoms with van der Waals surface area (Å²) in [5.74, 6) is 0.471. The highest BCUT2D eigenvalue weighted by atomic mass is 19.4. The predicted octanol–water partition coefficient (Wildman–Crippen LogP) is 4.31. The lowest BCUT2D eigenvalue weighted by Gasteiger charge is -2.31. The fourth-order valence-electron chi connectivity index (χ4n) is 3.54. The number of alkyl halides is 3. The Bertz CT molecular complexity index is 1110. The van der Waals surface area contributed by atoms with E-state index in [1.807, 2.05) is 13.0 Å². The van der Waals surface area contributed by atoms with E-state index in [0.29, 0.717) is 23.7 Å². The van der Waals surface area contributed by atoms with Gasteiger partial charge in [-0.3, -0.25) is 9.78 Å². The Morgan fingerprint density at radius 1 is 1.26 bits per heavy atom. The second-order valence-electron chi connectivity index (χ2n) is 7.41. The van der Waals surface area contributed by atoms with E-state index in [-0.39, 0.29) is 5.69 Å². The molecule has 31 heavy (non-hydrogen) atoms. The lowest BCUT2D eigenvalue weighted by Crippen LogP contribution is -2.30. The van der Waals surface area contributed by atoms with Gasteiger partial charge in [0, 0.05) is 19.3 Å². The SMILES string of the molecule is Cc1cc2c(nc1NC(=O)c1ncoc1C)CCCN2Cc1ccc(C(F)(F)F)nc1. The molecule has 3 aromatic rings. The number of nitrogens with one attached hydrogen (secondary N) is 1. The van der Waals surface area contributed by atoms with Crippen molar-refractivity contribution < 1.29 is 22.4 Å². The number of anilines is 2. The number of fused-ring (bicyclic) bond motifs is 1. The van der Waals surface area contributed by atoms with E-state index in [1.165, 1.54) is 18.7 Å². The topological polar surface area (TPSA) is 84.2 Å². The molecule has 0 atom stereocenters. The van der Waals surface area contributed by atoms with E-state index in [4.69, 9.17) is 4.42 Å². The molecule has 0 saturated carbocycles. The number of aryl methyl sites for hydroxylation is 3. The third-order valence-electron chi connectivity index (χ3n) is 5.13. The van der Waals surface area contributed by atoms with Crippen LogP contribution in [0.3, 0.4) is 0 Å². The molecule has 3 aromatic heterocycles. The van der Waals surface area contributed by atoms with Crippen molar-refractivity contribution in [3.05, 3.63) is 64.8 Å². The molecular formula is C21H20F3N5O2. The smallest absolute Gasteiger partial charge is 0.433 e. The monoisotopic (exact) mass is 431 g/mol. The first-order valence-electron chi connectivity index (χ1n) is 9.71. The second kappa shape index (κ2) is 8.01. The Morgan fingerprint density at radius 2 is 2.06 bits per heavy atom. The van der Waals surface area contributed by atoms with E-state index in [9.17, 15) is 18.0 Å². The van der Waals surface area contributed by atoms with Crippen LogP contribution in [0.15, 0.2) is 35.2 Å². The summed E-state index contributed by atoms with van der Waals surface area (Å²) in [6.07, 6.45) is -0.406. The highest BCUT2D eigenvalue weighted by Gasteiger charge is 2.32. The number of halogens is 3. The van der Waals surface area contributed by atoms with Crippen LogP contribution < -0.4 is 10.2 Å². The summed E-state index contributed by atoms with van der Waals surface area (Å²) in [5.41, 5.74) is 2.47. The number of amides is 1. The Balaban J connectivity index is 1.54. The maximum Gasteiger partial charge on any atom is 0.433 e. The lowest BCUT2D eigenvalue weighted by molar-refractivity contribution is -0.141. The molecule has 0 spiro atoms. The summed E-state index contributed by atoms with van der Waals surface area (Å²) in [4.78, 5) is 26.6. The number of hydrogen-bond acceptors (Lipinski definition) is 6. The van der Waals surface area contributed by atoms with Crippen LogP contribution >= 0.6 is 0 Å². The largest absolute Gasteiger partial charge is 0.448 e. The molecule has 0 bridgehead atoms. The first kappa shape index (κ1) is 20.8. The fourth-order valence-corrected chi connectivity index (χ4v) is 3.54. The molecule has 1 N–H and O–H groups in total. The molecule has 0 fully saturated rings. The van der Waals surface area contributed by atoms with E-state index in [2.05, 4.69) is 25.2 Å². The highest BCUT2D eigenvalue weighted by Crippen LogP contribution is 2.32. The van der Waals surface area contributed by atoms with Gasteiger partial charge in [-0.05, 0) is 49.9 Å². The van der Waals surface area contributed by atoms with E-state index in [1.54, 1.807) is 6.92 Å². The third-order valence-corrected chi connectivity index (χ3v) is 5.13. The highest BCUT2D eigenvalue weighted by molar-refractivity contribution is 6.03. The minimum atomic E-state index is -4.46. The van der Waals surface area contributed by atoms with Gasteiger partial charge in [0.1, 0.15) is 17.3 Å². The molecule has 10 heteroatoms. The van der Waals surface area contributed by atoms with Gasteiger partial charge in [-0.25, -0.2) is 9.97 Å². The molecule has 0 radical (unpaired) electrons. The molecule has 162 valence electrons. The van der Waals surface area contributed by atoms with E-state index >= 15 is 0 Å². The number of pyridine rings is 2. The summed E-state index contributed by atoms with van der Waals surface area (Å²) in [6.45, 7) is 4.66. The Morgan fingerprint density at radius 3 is 2.71 bits per heavy atom. The Hall–Kier alpha value is -3.43. The fraction of sp³-hybridized carbons (Fsp3) is 0.333. The maximum atomic E-state index is 12.7. The van der Waals surface area contributed by atoms with Crippen molar-refractivity contribution >= 4 is 17.4 Å². The van der Waals surface area contributed by atoms with Crippen molar-refractivity contribution in [2.24, 2.45) is 0 Å². The van der Waals surface area contributed by atoms with Crippen LogP contribution in [-0.2, 0) is 19.1 Å². The average molecular weight is 431 g/mol. The van der Waals surface area contributed by atoms with Crippen molar-refractivity contribution in [1.29, 1.82) is 0 Å². The number of rotatable bonds is 4. The molecule has 4 heterocycles. The Labute approximate surface area is 176 Å². The Kier molecular flexibility index (Phi) is 5.38. The van der Waals surface area contributed by atoms with Gasteiger partial charge in [0.2, 0.25) is 0 Å².